The summed E-state index contributed by atoms with van der Waals surface area (Å²) in [6.45, 7) is 3.87. The molecule has 6 nitrogen and oxygen atoms in total. The zero-order valence-corrected chi connectivity index (χ0v) is 16.7. The van der Waals surface area contributed by atoms with Crippen LogP contribution in [-0.2, 0) is 16.1 Å². The quantitative estimate of drug-likeness (QED) is 0.382. The summed E-state index contributed by atoms with van der Waals surface area (Å²) < 4.78 is 10.8. The summed E-state index contributed by atoms with van der Waals surface area (Å²) in [5.74, 6) is -0.454. The van der Waals surface area contributed by atoms with Crippen molar-refractivity contribution in [3.63, 3.8) is 0 Å². The van der Waals surface area contributed by atoms with E-state index < -0.39 is 5.97 Å². The normalized spacial score (nSPS) is 11.4. The van der Waals surface area contributed by atoms with Crippen molar-refractivity contribution in [1.82, 2.24) is 9.97 Å². The molecular formula is C23H23N3O3. The average Bonchev–Trinajstić information content (AvgIpc) is 3.06. The van der Waals surface area contributed by atoms with E-state index >= 15 is 0 Å². The number of nitrogens with two attached hydrogens (primary N) is 1. The minimum absolute atomic E-state index is 0.235. The maximum atomic E-state index is 12.7. The molecule has 3 N–H and O–H groups in total. The zero-order valence-electron chi connectivity index (χ0n) is 16.7. The number of nitrogens with one attached hydrogen (secondary N) is 1. The molecule has 6 heteroatoms. The fraction of sp³-hybridized carbons (Fsp3) is 0.217. The van der Waals surface area contributed by atoms with Crippen molar-refractivity contribution >= 4 is 33.5 Å². The lowest BCUT2D eigenvalue weighted by atomic mass is 9.97. The molecule has 0 aliphatic heterocycles. The van der Waals surface area contributed by atoms with Crippen molar-refractivity contribution in [1.29, 1.82) is 0 Å². The Morgan fingerprint density at radius 2 is 1.93 bits per heavy atom. The second-order valence-electron chi connectivity index (χ2n) is 7.24. The Morgan fingerprint density at radius 3 is 2.66 bits per heavy atom. The van der Waals surface area contributed by atoms with Crippen LogP contribution >= 0.6 is 0 Å². The van der Waals surface area contributed by atoms with Gasteiger partial charge in [-0.15, -0.1) is 0 Å². The van der Waals surface area contributed by atoms with Crippen LogP contribution in [-0.4, -0.2) is 29.2 Å². The highest BCUT2D eigenvalue weighted by Crippen LogP contribution is 2.37. The molecule has 29 heavy (non-hydrogen) atoms. The summed E-state index contributed by atoms with van der Waals surface area (Å²) in [7, 11) is 1.60. The Hall–Kier alpha value is -3.38. The molecule has 0 unspecified atom stereocenters. The van der Waals surface area contributed by atoms with Gasteiger partial charge in [-0.25, -0.2) is 9.78 Å². The number of hydrogen-bond acceptors (Lipinski definition) is 5. The van der Waals surface area contributed by atoms with Gasteiger partial charge in [-0.05, 0) is 43.2 Å². The number of benzene rings is 2. The molecule has 0 radical (unpaired) electrons. The number of H-pyrrole nitrogens is 1. The number of nitrogen functional groups attached to an aromatic ring is 1. The van der Waals surface area contributed by atoms with Gasteiger partial charge in [0, 0.05) is 34.6 Å². The maximum Gasteiger partial charge on any atom is 0.357 e. The van der Waals surface area contributed by atoms with Gasteiger partial charge >= 0.3 is 5.97 Å². The SMILES string of the molecule is COCc1c(C(=O)OC(C)C)ncc2[nH]c3cccc(-c4cccc(N)c4)c3c12. The molecule has 4 aromatic rings. The van der Waals surface area contributed by atoms with Gasteiger partial charge in [-0.3, -0.25) is 0 Å². The molecule has 0 aliphatic carbocycles. The minimum atomic E-state index is -0.454. The lowest BCUT2D eigenvalue weighted by Crippen LogP contribution is -2.15. The lowest BCUT2D eigenvalue weighted by Gasteiger charge is -2.13. The molecule has 4 rings (SSSR count). The van der Waals surface area contributed by atoms with Crippen molar-refractivity contribution in [3.05, 3.63) is 59.9 Å². The van der Waals surface area contributed by atoms with E-state index in [1.807, 2.05) is 56.3 Å². The lowest BCUT2D eigenvalue weighted by molar-refractivity contribution is 0.0366. The summed E-state index contributed by atoms with van der Waals surface area (Å²) in [5, 5.41) is 1.91. The number of aromatic amines is 1. The zero-order chi connectivity index (χ0) is 20.5. The summed E-state index contributed by atoms with van der Waals surface area (Å²) >= 11 is 0. The maximum absolute atomic E-state index is 12.7. The molecule has 0 atom stereocenters. The Balaban J connectivity index is 2.05. The molecule has 2 aromatic heterocycles. The molecule has 0 saturated carbocycles. The van der Waals surface area contributed by atoms with Crippen LogP contribution in [0.15, 0.2) is 48.7 Å². The molecule has 148 valence electrons. The van der Waals surface area contributed by atoms with Gasteiger partial charge in [0.1, 0.15) is 0 Å². The third-order valence-electron chi connectivity index (χ3n) is 4.79. The summed E-state index contributed by atoms with van der Waals surface area (Å²) in [5.41, 5.74) is 11.5. The molecule has 0 fully saturated rings. The van der Waals surface area contributed by atoms with Crippen LogP contribution < -0.4 is 5.73 Å². The highest BCUT2D eigenvalue weighted by atomic mass is 16.5. The third-order valence-corrected chi connectivity index (χ3v) is 4.79. The number of rotatable bonds is 5. The van der Waals surface area contributed by atoms with Gasteiger partial charge in [0.15, 0.2) is 5.69 Å². The van der Waals surface area contributed by atoms with Gasteiger partial charge < -0.3 is 20.2 Å². The van der Waals surface area contributed by atoms with Crippen molar-refractivity contribution in [2.45, 2.75) is 26.6 Å². The van der Waals surface area contributed by atoms with Gasteiger partial charge in [0.2, 0.25) is 0 Å². The number of ether oxygens (including phenoxy) is 2. The Bertz CT molecular complexity index is 1210. The first-order valence-corrected chi connectivity index (χ1v) is 9.47. The van der Waals surface area contributed by atoms with E-state index in [2.05, 4.69) is 9.97 Å². The number of fused-ring (bicyclic) bond motifs is 3. The molecule has 0 spiro atoms. The molecule has 0 saturated heterocycles. The summed E-state index contributed by atoms with van der Waals surface area (Å²) in [6.07, 6.45) is 1.44. The smallest absolute Gasteiger partial charge is 0.357 e. The van der Waals surface area contributed by atoms with Crippen LogP contribution in [0, 0.1) is 0 Å². The Labute approximate surface area is 168 Å². The highest BCUT2D eigenvalue weighted by molar-refractivity contribution is 6.16. The minimum Gasteiger partial charge on any atom is -0.458 e. The first-order valence-electron chi connectivity index (χ1n) is 9.47. The van der Waals surface area contributed by atoms with Crippen LogP contribution in [0.1, 0.15) is 29.9 Å². The molecule has 2 aromatic carbocycles. The van der Waals surface area contributed by atoms with E-state index in [0.29, 0.717) is 11.3 Å². The van der Waals surface area contributed by atoms with E-state index in [1.54, 1.807) is 13.3 Å². The number of pyridine rings is 1. The van der Waals surface area contributed by atoms with Crippen LogP contribution in [0.3, 0.4) is 0 Å². The van der Waals surface area contributed by atoms with E-state index in [-0.39, 0.29) is 18.4 Å². The largest absolute Gasteiger partial charge is 0.458 e. The fourth-order valence-electron chi connectivity index (χ4n) is 3.68. The van der Waals surface area contributed by atoms with Crippen LogP contribution in [0.25, 0.3) is 32.9 Å². The number of hydrogen-bond donors (Lipinski definition) is 2. The topological polar surface area (TPSA) is 90.2 Å². The van der Waals surface area contributed by atoms with Crippen LogP contribution in [0.2, 0.25) is 0 Å². The summed E-state index contributed by atoms with van der Waals surface area (Å²) in [6, 6.07) is 13.8. The monoisotopic (exact) mass is 389 g/mol. The van der Waals surface area contributed by atoms with E-state index in [1.165, 1.54) is 0 Å². The third kappa shape index (κ3) is 3.43. The fourth-order valence-corrected chi connectivity index (χ4v) is 3.68. The van der Waals surface area contributed by atoms with Crippen LogP contribution in [0.4, 0.5) is 5.69 Å². The molecule has 0 amide bonds. The molecule has 0 aliphatic rings. The molecule has 2 heterocycles. The Kier molecular flexibility index (Phi) is 4.94. The van der Waals surface area contributed by atoms with Gasteiger partial charge in [0.25, 0.3) is 0 Å². The summed E-state index contributed by atoms with van der Waals surface area (Å²) in [4.78, 5) is 20.5. The predicted molar refractivity (Wildman–Crippen MR) is 115 cm³/mol. The Morgan fingerprint density at radius 1 is 1.14 bits per heavy atom. The van der Waals surface area contributed by atoms with Crippen molar-refractivity contribution in [3.8, 4) is 11.1 Å². The number of carbonyl (C=O) groups is 1. The number of methoxy groups -OCH3 is 1. The van der Waals surface area contributed by atoms with Gasteiger partial charge in [0.05, 0.1) is 24.4 Å². The molecule has 0 bridgehead atoms. The van der Waals surface area contributed by atoms with Crippen LogP contribution in [0.5, 0.6) is 0 Å². The molecular weight excluding hydrogens is 366 g/mol. The van der Waals surface area contributed by atoms with Gasteiger partial charge in [-0.1, -0.05) is 24.3 Å². The number of carbonyl (C=O) groups excluding carboxylic acids is 1. The standard InChI is InChI=1S/C23H23N3O3/c1-13(2)29-23(27)22-17(12-28-3)21-19(11-25-22)26-18-9-5-8-16(20(18)21)14-6-4-7-15(24)10-14/h4-11,13,26H,12,24H2,1-3H3. The second kappa shape index (κ2) is 7.56. The number of nitrogens with zero attached hydrogens (tertiary/aromatic N) is 1. The first-order chi connectivity index (χ1) is 14.0. The van der Waals surface area contributed by atoms with Crippen molar-refractivity contribution in [2.75, 3.05) is 12.8 Å². The average molecular weight is 389 g/mol. The number of aromatic nitrogens is 2. The number of anilines is 1. The number of esters is 1. The van der Waals surface area contributed by atoms with Crippen molar-refractivity contribution in [2.24, 2.45) is 0 Å². The van der Waals surface area contributed by atoms with E-state index in [9.17, 15) is 4.79 Å². The van der Waals surface area contributed by atoms with Crippen molar-refractivity contribution < 1.29 is 14.3 Å². The van der Waals surface area contributed by atoms with E-state index in [4.69, 9.17) is 15.2 Å². The van der Waals surface area contributed by atoms with Gasteiger partial charge in [-0.2, -0.15) is 0 Å². The first kappa shape index (κ1) is 19.0. The second-order valence-corrected chi connectivity index (χ2v) is 7.24. The predicted octanol–water partition coefficient (Wildman–Crippen LogP) is 4.68. The highest BCUT2D eigenvalue weighted by Gasteiger charge is 2.22. The van der Waals surface area contributed by atoms with E-state index in [0.717, 1.165) is 32.9 Å².